The second kappa shape index (κ2) is 5.63. The number of halogens is 3. The largest absolute Gasteiger partial charge is 0.453 e. The van der Waals surface area contributed by atoms with E-state index in [1.54, 1.807) is 13.0 Å². The van der Waals surface area contributed by atoms with Crippen molar-refractivity contribution in [2.45, 2.75) is 38.9 Å². The van der Waals surface area contributed by atoms with Gasteiger partial charge in [-0.05, 0) is 25.7 Å². The van der Waals surface area contributed by atoms with Crippen molar-refractivity contribution in [1.82, 2.24) is 19.6 Å². The molecule has 0 saturated carbocycles. The molecule has 0 amide bonds. The van der Waals surface area contributed by atoms with Crippen LogP contribution in [0, 0.1) is 12.8 Å². The van der Waals surface area contributed by atoms with Gasteiger partial charge in [0, 0.05) is 18.3 Å². The van der Waals surface area contributed by atoms with Crippen LogP contribution in [-0.2, 0) is 6.18 Å². The van der Waals surface area contributed by atoms with Crippen molar-refractivity contribution in [2.75, 3.05) is 18.1 Å². The number of aromatic nitrogens is 4. The molecule has 23 heavy (non-hydrogen) atoms. The van der Waals surface area contributed by atoms with E-state index in [9.17, 15) is 18.3 Å². The molecule has 9 heteroatoms. The van der Waals surface area contributed by atoms with Crippen LogP contribution in [0.1, 0.15) is 31.3 Å². The van der Waals surface area contributed by atoms with E-state index in [0.29, 0.717) is 18.1 Å². The Morgan fingerprint density at radius 1 is 1.35 bits per heavy atom. The molecule has 0 aromatic carbocycles. The van der Waals surface area contributed by atoms with Gasteiger partial charge in [0.15, 0.2) is 0 Å². The van der Waals surface area contributed by atoms with Gasteiger partial charge < -0.3 is 10.0 Å². The lowest BCUT2D eigenvalue weighted by Gasteiger charge is -2.40. The highest BCUT2D eigenvalue weighted by molar-refractivity contribution is 5.49. The highest BCUT2D eigenvalue weighted by Crippen LogP contribution is 2.31. The van der Waals surface area contributed by atoms with Crippen molar-refractivity contribution in [3.63, 3.8) is 0 Å². The first-order chi connectivity index (χ1) is 10.8. The molecule has 0 aliphatic carbocycles. The van der Waals surface area contributed by atoms with Crippen molar-refractivity contribution in [1.29, 1.82) is 0 Å². The summed E-state index contributed by atoms with van der Waals surface area (Å²) in [6, 6.07) is 1.52. The van der Waals surface area contributed by atoms with Crippen LogP contribution in [0.3, 0.4) is 0 Å². The van der Waals surface area contributed by atoms with Crippen LogP contribution < -0.4 is 4.90 Å². The Bertz CT molecular complexity index is 714. The van der Waals surface area contributed by atoms with Crippen molar-refractivity contribution in [3.8, 4) is 0 Å². The number of fused-ring (bicyclic) bond motifs is 1. The minimum absolute atomic E-state index is 0.0646. The number of alkyl halides is 3. The summed E-state index contributed by atoms with van der Waals surface area (Å²) in [7, 11) is 0. The number of aliphatic hydroxyl groups is 1. The van der Waals surface area contributed by atoms with Crippen molar-refractivity contribution in [2.24, 2.45) is 5.92 Å². The predicted molar refractivity (Wildman–Crippen MR) is 77.1 cm³/mol. The number of aliphatic hydroxyl groups excluding tert-OH is 1. The zero-order valence-electron chi connectivity index (χ0n) is 12.9. The SMILES string of the molecule is Cc1cc(N2CCCC(C)C2CO)n2nc(C(F)(F)F)nc2n1. The topological polar surface area (TPSA) is 66.5 Å². The maximum absolute atomic E-state index is 12.9. The average Bonchev–Trinajstić information content (AvgIpc) is 2.90. The van der Waals surface area contributed by atoms with Gasteiger partial charge in [0.2, 0.25) is 0 Å². The van der Waals surface area contributed by atoms with Gasteiger partial charge in [0.25, 0.3) is 11.6 Å². The van der Waals surface area contributed by atoms with Crippen LogP contribution in [0.5, 0.6) is 0 Å². The lowest BCUT2D eigenvalue weighted by molar-refractivity contribution is -0.144. The van der Waals surface area contributed by atoms with Gasteiger partial charge >= 0.3 is 6.18 Å². The molecule has 6 nitrogen and oxygen atoms in total. The Labute approximate surface area is 131 Å². The lowest BCUT2D eigenvalue weighted by atomic mass is 9.91. The fraction of sp³-hybridized carbons (Fsp3) is 0.643. The van der Waals surface area contributed by atoms with E-state index in [0.717, 1.165) is 17.4 Å². The van der Waals surface area contributed by atoms with Crippen LogP contribution in [0.25, 0.3) is 5.78 Å². The van der Waals surface area contributed by atoms with E-state index < -0.39 is 12.0 Å². The minimum Gasteiger partial charge on any atom is -0.394 e. The van der Waals surface area contributed by atoms with Crippen LogP contribution in [0.2, 0.25) is 0 Å². The van der Waals surface area contributed by atoms with Gasteiger partial charge in [-0.15, -0.1) is 5.10 Å². The maximum atomic E-state index is 12.9. The third-order valence-corrected chi connectivity index (χ3v) is 4.27. The summed E-state index contributed by atoms with van der Waals surface area (Å²) in [5, 5.41) is 13.3. The Balaban J connectivity index is 2.14. The molecule has 2 unspecified atom stereocenters. The summed E-state index contributed by atoms with van der Waals surface area (Å²) < 4.78 is 39.8. The van der Waals surface area contributed by atoms with E-state index in [4.69, 9.17) is 0 Å². The van der Waals surface area contributed by atoms with Crippen LogP contribution in [-0.4, -0.2) is 43.9 Å². The van der Waals surface area contributed by atoms with E-state index >= 15 is 0 Å². The number of rotatable bonds is 2. The average molecular weight is 329 g/mol. The molecule has 1 saturated heterocycles. The zero-order chi connectivity index (χ0) is 16.8. The Kier molecular flexibility index (Phi) is 3.91. The number of piperidine rings is 1. The molecule has 3 rings (SSSR count). The molecule has 1 aliphatic heterocycles. The number of nitrogens with zero attached hydrogens (tertiary/aromatic N) is 5. The Hall–Kier alpha value is -1.90. The Morgan fingerprint density at radius 3 is 2.74 bits per heavy atom. The molecule has 126 valence electrons. The van der Waals surface area contributed by atoms with E-state index in [2.05, 4.69) is 15.1 Å². The minimum atomic E-state index is -4.62. The van der Waals surface area contributed by atoms with Gasteiger partial charge in [0.1, 0.15) is 5.82 Å². The second-order valence-electron chi connectivity index (χ2n) is 5.96. The molecular weight excluding hydrogens is 311 g/mol. The summed E-state index contributed by atoms with van der Waals surface area (Å²) >= 11 is 0. The van der Waals surface area contributed by atoms with Gasteiger partial charge in [-0.3, -0.25) is 0 Å². The van der Waals surface area contributed by atoms with E-state index in [1.165, 1.54) is 0 Å². The molecule has 1 N–H and O–H groups in total. The summed E-state index contributed by atoms with van der Waals surface area (Å²) in [5.41, 5.74) is 0.559. The highest BCUT2D eigenvalue weighted by atomic mass is 19.4. The van der Waals surface area contributed by atoms with Gasteiger partial charge in [-0.2, -0.15) is 22.7 Å². The summed E-state index contributed by atoms with van der Waals surface area (Å²) in [4.78, 5) is 9.44. The first-order valence-corrected chi connectivity index (χ1v) is 7.50. The molecule has 0 bridgehead atoms. The van der Waals surface area contributed by atoms with Gasteiger partial charge in [-0.1, -0.05) is 6.92 Å². The molecule has 2 aromatic heterocycles. The number of hydrogen-bond donors (Lipinski definition) is 1. The van der Waals surface area contributed by atoms with Crippen molar-refractivity contribution in [3.05, 3.63) is 17.6 Å². The third kappa shape index (κ3) is 2.85. The van der Waals surface area contributed by atoms with Crippen LogP contribution in [0.15, 0.2) is 6.07 Å². The monoisotopic (exact) mass is 329 g/mol. The summed E-state index contributed by atoms with van der Waals surface area (Å²) in [5.74, 6) is -0.561. The van der Waals surface area contributed by atoms with E-state index in [-0.39, 0.29) is 24.3 Å². The van der Waals surface area contributed by atoms with Crippen molar-refractivity contribution >= 4 is 11.6 Å². The predicted octanol–water partition coefficient (Wildman–Crippen LogP) is 2.05. The number of hydrogen-bond acceptors (Lipinski definition) is 5. The number of aryl methyl sites for hydroxylation is 1. The van der Waals surface area contributed by atoms with Crippen LogP contribution >= 0.6 is 0 Å². The molecule has 1 aliphatic rings. The van der Waals surface area contributed by atoms with Crippen LogP contribution in [0.4, 0.5) is 19.0 Å². The molecule has 3 heterocycles. The molecule has 0 radical (unpaired) electrons. The Morgan fingerprint density at radius 2 is 2.09 bits per heavy atom. The molecule has 1 fully saturated rings. The molecule has 0 spiro atoms. The summed E-state index contributed by atoms with van der Waals surface area (Å²) in [6.45, 7) is 4.31. The normalized spacial score (nSPS) is 22.8. The fourth-order valence-electron chi connectivity index (χ4n) is 3.10. The van der Waals surface area contributed by atoms with Crippen molar-refractivity contribution < 1.29 is 18.3 Å². The van der Waals surface area contributed by atoms with E-state index in [1.807, 2.05) is 11.8 Å². The zero-order valence-corrected chi connectivity index (χ0v) is 12.9. The highest BCUT2D eigenvalue weighted by Gasteiger charge is 2.37. The molecular formula is C14H18F3N5O. The first kappa shape index (κ1) is 16.0. The number of anilines is 1. The smallest absolute Gasteiger partial charge is 0.394 e. The quantitative estimate of drug-likeness (QED) is 0.913. The second-order valence-corrected chi connectivity index (χ2v) is 5.96. The lowest BCUT2D eigenvalue weighted by Crippen LogP contribution is -2.47. The fourth-order valence-corrected chi connectivity index (χ4v) is 3.10. The molecule has 2 atom stereocenters. The summed E-state index contributed by atoms with van der Waals surface area (Å²) in [6.07, 6.45) is -2.74. The van der Waals surface area contributed by atoms with Gasteiger partial charge in [-0.25, -0.2) is 4.98 Å². The first-order valence-electron chi connectivity index (χ1n) is 7.50. The van der Waals surface area contributed by atoms with Gasteiger partial charge in [0.05, 0.1) is 12.6 Å². The molecule has 2 aromatic rings. The third-order valence-electron chi connectivity index (χ3n) is 4.27. The maximum Gasteiger partial charge on any atom is 0.453 e. The standard InChI is InChI=1S/C14H18F3N5O/c1-8-4-3-5-21(10(8)7-23)11-6-9(2)18-13-19-12(14(15,16)17)20-22(11)13/h6,8,10,23H,3-5,7H2,1-2H3.